The van der Waals surface area contributed by atoms with Crippen molar-refractivity contribution in [2.24, 2.45) is 5.92 Å². The average molecular weight is 866 g/mol. The van der Waals surface area contributed by atoms with Gasteiger partial charge in [-0.15, -0.1) is 0 Å². The van der Waals surface area contributed by atoms with Gasteiger partial charge in [-0.05, 0) is 73.1 Å². The molecular weight excluding hydrogens is 815 g/mol. The minimum absolute atomic E-state index is 0.0364. The van der Waals surface area contributed by atoms with Crippen LogP contribution in [0, 0.1) is 5.92 Å². The van der Waals surface area contributed by atoms with Crippen molar-refractivity contribution in [2.45, 2.75) is 62.7 Å². The summed E-state index contributed by atoms with van der Waals surface area (Å²) >= 11 is 0. The molecule has 3 aliphatic heterocycles. The molecular formula is C48H51N9O7. The predicted molar refractivity (Wildman–Crippen MR) is 237 cm³/mol. The highest BCUT2D eigenvalue weighted by Crippen LogP contribution is 2.36. The van der Waals surface area contributed by atoms with Crippen molar-refractivity contribution in [3.05, 3.63) is 115 Å². The molecule has 0 spiro atoms. The third-order valence-electron chi connectivity index (χ3n) is 12.7. The number of nitrogens with zero attached hydrogens (tertiary/aromatic N) is 5. The normalized spacial score (nSPS) is 18.7. The number of alkyl carbamates (subject to hydrolysis) is 2. The largest absolute Gasteiger partial charge is 0.453 e. The van der Waals surface area contributed by atoms with Gasteiger partial charge < -0.3 is 44.6 Å². The Morgan fingerprint density at radius 2 is 1.38 bits per heavy atom. The second-order valence-corrected chi connectivity index (χ2v) is 16.5. The van der Waals surface area contributed by atoms with E-state index in [2.05, 4.69) is 38.8 Å². The Labute approximate surface area is 370 Å². The number of nitrogens with one attached hydrogen (secondary N) is 4. The number of aromatic nitrogens is 5. The molecule has 0 bridgehead atoms. The first-order chi connectivity index (χ1) is 31.3. The molecule has 3 fully saturated rings. The Bertz CT molecular complexity index is 2620. The third kappa shape index (κ3) is 8.78. The minimum Gasteiger partial charge on any atom is -0.453 e. The van der Waals surface area contributed by atoms with Crippen LogP contribution in [0.3, 0.4) is 0 Å². The number of hydrogen-bond acceptors (Lipinski definition) is 10. The van der Waals surface area contributed by atoms with E-state index in [1.54, 1.807) is 11.1 Å². The van der Waals surface area contributed by atoms with Crippen LogP contribution in [0.5, 0.6) is 0 Å². The molecule has 64 heavy (non-hydrogen) atoms. The molecule has 3 aromatic carbocycles. The summed E-state index contributed by atoms with van der Waals surface area (Å²) in [7, 11) is 2.58. The summed E-state index contributed by atoms with van der Waals surface area (Å²) < 4.78 is 15.2. The molecule has 1 unspecified atom stereocenters. The fraction of sp³-hybridized carbons (Fsp3) is 0.354. The van der Waals surface area contributed by atoms with Crippen molar-refractivity contribution in [3.63, 3.8) is 0 Å². The summed E-state index contributed by atoms with van der Waals surface area (Å²) in [5.41, 5.74) is 5.93. The first kappa shape index (κ1) is 42.2. The molecule has 6 heterocycles. The van der Waals surface area contributed by atoms with E-state index in [1.165, 1.54) is 14.2 Å². The second kappa shape index (κ2) is 18.7. The number of H-pyrrole nitrogens is 2. The zero-order valence-corrected chi connectivity index (χ0v) is 35.8. The Hall–Kier alpha value is -7.07. The van der Waals surface area contributed by atoms with Gasteiger partial charge in [0, 0.05) is 55.2 Å². The molecule has 9 rings (SSSR count). The van der Waals surface area contributed by atoms with Gasteiger partial charge in [0.1, 0.15) is 23.7 Å². The zero-order chi connectivity index (χ0) is 44.2. The quantitative estimate of drug-likeness (QED) is 0.103. The fourth-order valence-corrected chi connectivity index (χ4v) is 9.29. The van der Waals surface area contributed by atoms with Crippen LogP contribution < -0.4 is 10.6 Å². The van der Waals surface area contributed by atoms with Crippen molar-refractivity contribution < 1.29 is 33.4 Å². The summed E-state index contributed by atoms with van der Waals surface area (Å²) in [5.74, 6) is 1.03. The van der Waals surface area contributed by atoms with Gasteiger partial charge in [-0.3, -0.25) is 14.6 Å². The Balaban J connectivity index is 0.868. The topological polar surface area (TPSA) is 197 Å². The van der Waals surface area contributed by atoms with Crippen LogP contribution in [0.1, 0.15) is 73.9 Å². The number of carbonyl (C=O) groups is 4. The maximum absolute atomic E-state index is 14.0. The highest BCUT2D eigenvalue weighted by Gasteiger charge is 2.40. The van der Waals surface area contributed by atoms with Gasteiger partial charge in [-0.25, -0.2) is 19.6 Å². The molecule has 3 saturated heterocycles. The third-order valence-corrected chi connectivity index (χ3v) is 12.7. The number of rotatable bonds is 11. The number of pyridine rings is 1. The number of fused-ring (bicyclic) bond motifs is 1. The van der Waals surface area contributed by atoms with Gasteiger partial charge in [-0.1, -0.05) is 66.7 Å². The average Bonchev–Trinajstić information content (AvgIpc) is 4.20. The van der Waals surface area contributed by atoms with Crippen LogP contribution >= 0.6 is 0 Å². The molecule has 0 aliphatic carbocycles. The first-order valence-electron chi connectivity index (χ1n) is 21.8. The summed E-state index contributed by atoms with van der Waals surface area (Å²) in [6.07, 6.45) is 8.77. The van der Waals surface area contributed by atoms with E-state index in [1.807, 2.05) is 78.0 Å². The van der Waals surface area contributed by atoms with Crippen LogP contribution in [-0.2, 0) is 23.8 Å². The van der Waals surface area contributed by atoms with Gasteiger partial charge in [0.2, 0.25) is 5.91 Å². The standard InChI is InChI=1S/C48H51N9O7/c1-62-47(60)54-41(31-8-4-3-5-9-31)45(58)56-20-6-10-39(56)43-50-27-37(52-43)30-14-12-29(13-15-30)36-25-33-16-17-34(24-35(33)26-49-36)38-28-51-44(53-38)40-11-7-21-57(40)46(59)42(55-48(61)63-2)32-18-22-64-23-19-32/h3-5,8-9,12-17,24-28,32,39-42H,6-7,10-11,18-23H2,1-2H3,(H,50,52)(H,51,53)(H,54,60)(H,55,61)/t39-,40?,41+,42-/m0/s1. The molecule has 4 N–H and O–H groups in total. The smallest absolute Gasteiger partial charge is 0.407 e. The van der Waals surface area contributed by atoms with E-state index < -0.39 is 24.3 Å². The number of hydrogen-bond donors (Lipinski definition) is 4. The van der Waals surface area contributed by atoms with E-state index in [9.17, 15) is 19.2 Å². The molecule has 4 amide bonds. The Kier molecular flexibility index (Phi) is 12.4. The molecule has 0 saturated carbocycles. The van der Waals surface area contributed by atoms with E-state index >= 15 is 0 Å². The molecule has 16 heteroatoms. The number of likely N-dealkylation sites (tertiary alicyclic amines) is 2. The molecule has 6 aromatic rings. The molecule has 3 aliphatic rings. The molecule has 3 aromatic heterocycles. The summed E-state index contributed by atoms with van der Waals surface area (Å²) in [4.78, 5) is 77.4. The van der Waals surface area contributed by atoms with Gasteiger partial charge in [-0.2, -0.15) is 0 Å². The van der Waals surface area contributed by atoms with Gasteiger partial charge >= 0.3 is 12.2 Å². The highest BCUT2D eigenvalue weighted by molar-refractivity contribution is 5.90. The van der Waals surface area contributed by atoms with Crippen molar-refractivity contribution in [3.8, 4) is 33.8 Å². The van der Waals surface area contributed by atoms with E-state index in [4.69, 9.17) is 29.2 Å². The summed E-state index contributed by atoms with van der Waals surface area (Å²) in [6.45, 7) is 2.23. The number of aromatic amines is 2. The van der Waals surface area contributed by atoms with Crippen LogP contribution in [0.25, 0.3) is 44.5 Å². The summed E-state index contributed by atoms with van der Waals surface area (Å²) in [5, 5.41) is 7.52. The zero-order valence-electron chi connectivity index (χ0n) is 35.8. The van der Waals surface area contributed by atoms with Gasteiger partial charge in [0.25, 0.3) is 5.91 Å². The van der Waals surface area contributed by atoms with E-state index in [0.717, 1.165) is 70.2 Å². The maximum atomic E-state index is 14.0. The van der Waals surface area contributed by atoms with E-state index in [-0.39, 0.29) is 29.8 Å². The number of amides is 4. The minimum atomic E-state index is -0.888. The maximum Gasteiger partial charge on any atom is 0.407 e. The summed E-state index contributed by atoms with van der Waals surface area (Å²) in [6, 6.07) is 23.5. The van der Waals surface area contributed by atoms with E-state index in [0.29, 0.717) is 56.4 Å². The molecule has 0 radical (unpaired) electrons. The lowest BCUT2D eigenvalue weighted by Crippen LogP contribution is -2.53. The Morgan fingerprint density at radius 1 is 0.703 bits per heavy atom. The van der Waals surface area contributed by atoms with Crippen LogP contribution in [0.2, 0.25) is 0 Å². The lowest BCUT2D eigenvalue weighted by Gasteiger charge is -2.34. The molecule has 330 valence electrons. The van der Waals surface area contributed by atoms with Crippen molar-refractivity contribution in [1.82, 2.24) is 45.4 Å². The van der Waals surface area contributed by atoms with Crippen molar-refractivity contribution in [2.75, 3.05) is 40.5 Å². The van der Waals surface area contributed by atoms with Crippen LogP contribution in [0.15, 0.2) is 97.5 Å². The Morgan fingerprint density at radius 3 is 2.11 bits per heavy atom. The number of imidazole rings is 2. The number of carbonyl (C=O) groups excluding carboxylic acids is 4. The lowest BCUT2D eigenvalue weighted by molar-refractivity contribution is -0.137. The predicted octanol–water partition coefficient (Wildman–Crippen LogP) is 7.26. The first-order valence-corrected chi connectivity index (χ1v) is 21.8. The fourth-order valence-electron chi connectivity index (χ4n) is 9.29. The van der Waals surface area contributed by atoms with Crippen molar-refractivity contribution >= 4 is 34.8 Å². The van der Waals surface area contributed by atoms with Crippen LogP contribution in [-0.4, -0.2) is 105 Å². The van der Waals surface area contributed by atoms with Crippen molar-refractivity contribution in [1.29, 1.82) is 0 Å². The van der Waals surface area contributed by atoms with Crippen LogP contribution in [0.4, 0.5) is 9.59 Å². The molecule has 4 atom stereocenters. The lowest BCUT2D eigenvalue weighted by atomic mass is 9.90. The number of methoxy groups -OCH3 is 2. The number of benzene rings is 3. The second-order valence-electron chi connectivity index (χ2n) is 16.5. The monoisotopic (exact) mass is 865 g/mol. The molecule has 16 nitrogen and oxygen atoms in total. The highest BCUT2D eigenvalue weighted by atomic mass is 16.5. The SMILES string of the molecule is COC(=O)N[C@H](C(=O)N1CCCC1c1nc(-c2ccc3cc(-c4ccc(-c5cnc([C@@H]6CCCN6C(=O)[C@H](NC(=O)OC)c6ccccc6)[nH]5)cc4)ncc3c2)c[nH]1)C1CCOCC1. The van der Waals surface area contributed by atoms with Gasteiger partial charge in [0.05, 0.1) is 49.6 Å². The number of ether oxygens (including phenoxy) is 3. The van der Waals surface area contributed by atoms with Gasteiger partial charge in [0.15, 0.2) is 0 Å².